The number of aliphatic hydroxyl groups excluding tert-OH is 1. The minimum atomic E-state index is -3.46. The van der Waals surface area contributed by atoms with E-state index in [0.717, 1.165) is 38.9 Å². The molecule has 0 amide bonds. The van der Waals surface area contributed by atoms with Crippen LogP contribution in [0.3, 0.4) is 0 Å². The van der Waals surface area contributed by atoms with Gasteiger partial charge in [0.05, 0.1) is 0 Å². The number of nitrogens with zero attached hydrogens (tertiary/aromatic N) is 3. The van der Waals surface area contributed by atoms with Crippen LogP contribution < -0.4 is 5.32 Å². The fourth-order valence-electron chi connectivity index (χ4n) is 3.02. The number of sulfonamides is 1. The molecule has 1 aromatic rings. The molecule has 24 heavy (non-hydrogen) atoms. The number of aromatic nitrogens is 1. The van der Waals surface area contributed by atoms with Gasteiger partial charge >= 0.3 is 0 Å². The molecule has 1 aliphatic heterocycles. The van der Waals surface area contributed by atoms with Gasteiger partial charge in [-0.2, -0.15) is 4.31 Å². The molecule has 0 spiro atoms. The smallest absolute Gasteiger partial charge is 0.244 e. The second-order valence-electron chi connectivity index (χ2n) is 6.91. The zero-order chi connectivity index (χ0) is 17.2. The SMILES string of the molecule is CN1CCN(S(=O)(=O)c2ccc(NCC3(CCO)CC3)nc2)CC1. The van der Waals surface area contributed by atoms with Crippen molar-refractivity contribution < 1.29 is 13.5 Å². The standard InChI is InChI=1S/C16H26N4O3S/c1-19-7-9-20(10-8-19)24(22,23)14-2-3-15(17-12-14)18-13-16(4-5-16)6-11-21/h2-3,12,21H,4-11,13H2,1H3,(H,17,18). The van der Waals surface area contributed by atoms with Crippen molar-refractivity contribution in [2.24, 2.45) is 5.41 Å². The molecule has 8 heteroatoms. The van der Waals surface area contributed by atoms with Crippen LogP contribution in [0.4, 0.5) is 5.82 Å². The molecule has 0 bridgehead atoms. The van der Waals surface area contributed by atoms with Crippen molar-refractivity contribution in [3.05, 3.63) is 18.3 Å². The number of piperazine rings is 1. The fourth-order valence-corrected chi connectivity index (χ4v) is 4.39. The van der Waals surface area contributed by atoms with E-state index in [1.54, 1.807) is 12.1 Å². The van der Waals surface area contributed by atoms with Crippen molar-refractivity contribution in [2.45, 2.75) is 24.2 Å². The van der Waals surface area contributed by atoms with Crippen LogP contribution in [0.1, 0.15) is 19.3 Å². The van der Waals surface area contributed by atoms with E-state index in [-0.39, 0.29) is 16.9 Å². The molecule has 1 saturated heterocycles. The van der Waals surface area contributed by atoms with Crippen molar-refractivity contribution in [1.82, 2.24) is 14.2 Å². The summed E-state index contributed by atoms with van der Waals surface area (Å²) in [6.07, 6.45) is 4.48. The number of aliphatic hydroxyl groups is 1. The molecule has 0 aromatic carbocycles. The van der Waals surface area contributed by atoms with Gasteiger partial charge in [0, 0.05) is 45.5 Å². The molecule has 0 radical (unpaired) electrons. The van der Waals surface area contributed by atoms with Gasteiger partial charge in [-0.15, -0.1) is 0 Å². The molecule has 2 aliphatic rings. The lowest BCUT2D eigenvalue weighted by Gasteiger charge is -2.31. The summed E-state index contributed by atoms with van der Waals surface area (Å²) >= 11 is 0. The normalized spacial score (nSPS) is 21.6. The number of hydrogen-bond acceptors (Lipinski definition) is 6. The monoisotopic (exact) mass is 354 g/mol. The Morgan fingerprint density at radius 1 is 1.25 bits per heavy atom. The fraction of sp³-hybridized carbons (Fsp3) is 0.688. The highest BCUT2D eigenvalue weighted by Gasteiger charge is 2.41. The molecule has 0 atom stereocenters. The highest BCUT2D eigenvalue weighted by atomic mass is 32.2. The van der Waals surface area contributed by atoms with Crippen molar-refractivity contribution in [3.8, 4) is 0 Å². The van der Waals surface area contributed by atoms with Crippen LogP contribution in [-0.2, 0) is 10.0 Å². The van der Waals surface area contributed by atoms with Gasteiger partial charge in [0.25, 0.3) is 0 Å². The summed E-state index contributed by atoms with van der Waals surface area (Å²) in [5, 5.41) is 12.3. The molecule has 2 N–H and O–H groups in total. The summed E-state index contributed by atoms with van der Waals surface area (Å²) in [6, 6.07) is 3.34. The lowest BCUT2D eigenvalue weighted by atomic mass is 10.0. The molecule has 3 rings (SSSR count). The molecule has 0 unspecified atom stereocenters. The molecule has 2 fully saturated rings. The summed E-state index contributed by atoms with van der Waals surface area (Å²) in [5.74, 6) is 0.677. The van der Waals surface area contributed by atoms with Gasteiger partial charge in [0.1, 0.15) is 10.7 Å². The van der Waals surface area contributed by atoms with Gasteiger partial charge in [-0.3, -0.25) is 0 Å². The van der Waals surface area contributed by atoms with Gasteiger partial charge in [0.2, 0.25) is 10.0 Å². The van der Waals surface area contributed by atoms with E-state index < -0.39 is 10.0 Å². The van der Waals surface area contributed by atoms with E-state index in [2.05, 4.69) is 15.2 Å². The number of anilines is 1. The van der Waals surface area contributed by atoms with E-state index in [1.165, 1.54) is 10.5 Å². The van der Waals surface area contributed by atoms with Crippen LogP contribution in [0.25, 0.3) is 0 Å². The first-order valence-corrected chi connectivity index (χ1v) is 9.89. The van der Waals surface area contributed by atoms with Crippen LogP contribution >= 0.6 is 0 Å². The first-order chi connectivity index (χ1) is 11.5. The molecule has 7 nitrogen and oxygen atoms in total. The van der Waals surface area contributed by atoms with Crippen molar-refractivity contribution >= 4 is 15.8 Å². The average molecular weight is 354 g/mol. The second-order valence-corrected chi connectivity index (χ2v) is 8.85. The minimum absolute atomic E-state index is 0.195. The Hall–Kier alpha value is -1.22. The van der Waals surface area contributed by atoms with Gasteiger partial charge in [0.15, 0.2) is 0 Å². The van der Waals surface area contributed by atoms with Crippen molar-refractivity contribution in [2.75, 3.05) is 51.7 Å². The Kier molecular flexibility index (Phi) is 5.10. The second kappa shape index (κ2) is 6.95. The summed E-state index contributed by atoms with van der Waals surface area (Å²) < 4.78 is 26.8. The predicted octanol–water partition coefficient (Wildman–Crippen LogP) is 0.592. The molecular weight excluding hydrogens is 328 g/mol. The van der Waals surface area contributed by atoms with Gasteiger partial charge in [-0.05, 0) is 43.9 Å². The van der Waals surface area contributed by atoms with E-state index in [9.17, 15) is 8.42 Å². The first-order valence-electron chi connectivity index (χ1n) is 8.45. The number of hydrogen-bond donors (Lipinski definition) is 2. The van der Waals surface area contributed by atoms with Crippen molar-refractivity contribution in [1.29, 1.82) is 0 Å². The maximum absolute atomic E-state index is 12.6. The third kappa shape index (κ3) is 3.88. The number of nitrogens with one attached hydrogen (secondary N) is 1. The highest BCUT2D eigenvalue weighted by molar-refractivity contribution is 7.89. The maximum atomic E-state index is 12.6. The van der Waals surface area contributed by atoms with Crippen LogP contribution in [0.2, 0.25) is 0 Å². The number of rotatable bonds is 7. The van der Waals surface area contributed by atoms with Gasteiger partial charge < -0.3 is 15.3 Å². The van der Waals surface area contributed by atoms with Crippen LogP contribution in [0, 0.1) is 5.41 Å². The Morgan fingerprint density at radius 3 is 2.50 bits per heavy atom. The van der Waals surface area contributed by atoms with E-state index in [1.807, 2.05) is 7.05 Å². The lowest BCUT2D eigenvalue weighted by Crippen LogP contribution is -2.47. The van der Waals surface area contributed by atoms with E-state index in [4.69, 9.17) is 5.11 Å². The van der Waals surface area contributed by atoms with Crippen LogP contribution in [0.5, 0.6) is 0 Å². The first kappa shape index (κ1) is 17.6. The van der Waals surface area contributed by atoms with Crippen LogP contribution in [-0.4, -0.2) is 74.1 Å². The van der Waals surface area contributed by atoms with Gasteiger partial charge in [-0.1, -0.05) is 0 Å². The molecule has 1 saturated carbocycles. The zero-order valence-electron chi connectivity index (χ0n) is 14.1. The summed E-state index contributed by atoms with van der Waals surface area (Å²) in [4.78, 5) is 6.62. The average Bonchev–Trinajstić information content (AvgIpc) is 3.34. The third-order valence-electron chi connectivity index (χ3n) is 5.08. The van der Waals surface area contributed by atoms with E-state index >= 15 is 0 Å². The molecule has 134 valence electrons. The van der Waals surface area contributed by atoms with E-state index in [0.29, 0.717) is 18.9 Å². The summed E-state index contributed by atoms with van der Waals surface area (Å²) in [6.45, 7) is 3.51. The van der Waals surface area contributed by atoms with Gasteiger partial charge in [-0.25, -0.2) is 13.4 Å². The Balaban J connectivity index is 1.61. The Bertz CT molecular complexity index is 650. The zero-order valence-corrected chi connectivity index (χ0v) is 14.9. The number of likely N-dealkylation sites (N-methyl/N-ethyl adjacent to an activating group) is 1. The highest BCUT2D eigenvalue weighted by Crippen LogP contribution is 2.48. The third-order valence-corrected chi connectivity index (χ3v) is 6.96. The summed E-state index contributed by atoms with van der Waals surface area (Å²) in [7, 11) is -1.46. The topological polar surface area (TPSA) is 85.8 Å². The van der Waals surface area contributed by atoms with Crippen molar-refractivity contribution in [3.63, 3.8) is 0 Å². The predicted molar refractivity (Wildman–Crippen MR) is 92.4 cm³/mol. The molecule has 1 aromatic heterocycles. The molecule has 2 heterocycles. The summed E-state index contributed by atoms with van der Waals surface area (Å²) in [5.41, 5.74) is 0.195. The molecule has 1 aliphatic carbocycles. The minimum Gasteiger partial charge on any atom is -0.396 e. The molecular formula is C16H26N4O3S. The Morgan fingerprint density at radius 2 is 1.96 bits per heavy atom. The largest absolute Gasteiger partial charge is 0.396 e. The lowest BCUT2D eigenvalue weighted by molar-refractivity contribution is 0.222. The maximum Gasteiger partial charge on any atom is 0.244 e. The Labute approximate surface area is 143 Å². The number of pyridine rings is 1. The quantitative estimate of drug-likeness (QED) is 0.745. The van der Waals surface area contributed by atoms with Crippen LogP contribution in [0.15, 0.2) is 23.2 Å².